The number of thiazole rings is 1. The Bertz CT molecular complexity index is 1290. The molecule has 1 aliphatic carbocycles. The molecule has 2 heterocycles. The molecule has 40 heavy (non-hydrogen) atoms. The van der Waals surface area contributed by atoms with Crippen molar-refractivity contribution in [2.45, 2.75) is 77.4 Å². The highest BCUT2D eigenvalue weighted by Gasteiger charge is 2.53. The largest absolute Gasteiger partial charge is 0.489 e. The number of aromatic nitrogens is 1. The van der Waals surface area contributed by atoms with E-state index in [1.807, 2.05) is 25.1 Å². The Labute approximate surface area is 237 Å². The number of amides is 3. The van der Waals surface area contributed by atoms with E-state index >= 15 is 0 Å². The molecule has 0 radical (unpaired) electrons. The topological polar surface area (TPSA) is 121 Å². The average molecular weight is 573 g/mol. The van der Waals surface area contributed by atoms with E-state index in [0.29, 0.717) is 5.75 Å². The van der Waals surface area contributed by atoms with E-state index in [9.17, 15) is 23.9 Å². The molecular weight excluding hydrogens is 535 g/mol. The van der Waals surface area contributed by atoms with Gasteiger partial charge in [0.25, 0.3) is 5.91 Å². The van der Waals surface area contributed by atoms with Crippen LogP contribution in [0.1, 0.15) is 51.3 Å². The molecular formula is C29H37FN4O5S. The maximum atomic E-state index is 14.4. The Morgan fingerprint density at radius 2 is 2.08 bits per heavy atom. The van der Waals surface area contributed by atoms with E-state index < -0.39 is 47.0 Å². The Hall–Kier alpha value is -3.31. The number of aliphatic hydroxyl groups is 1. The molecule has 0 spiro atoms. The van der Waals surface area contributed by atoms with Gasteiger partial charge in [-0.3, -0.25) is 14.4 Å². The number of likely N-dealkylation sites (tertiary alicyclic amines) is 1. The minimum atomic E-state index is -1.94. The van der Waals surface area contributed by atoms with Gasteiger partial charge in [0, 0.05) is 25.1 Å². The number of halogens is 1. The molecule has 2 aromatic rings. The third kappa shape index (κ3) is 6.52. The van der Waals surface area contributed by atoms with Crippen LogP contribution in [0, 0.1) is 12.3 Å². The van der Waals surface area contributed by atoms with Gasteiger partial charge in [0.2, 0.25) is 11.8 Å². The van der Waals surface area contributed by atoms with Gasteiger partial charge in [0.1, 0.15) is 24.4 Å². The molecule has 2 aliphatic rings. The molecule has 3 N–H and O–H groups in total. The SMILES string of the molecule is C=CCOc1cc(-c2scnc2C)ccc1CNC(=O)[C@@H]1C[C@@H](O)CN1C(=O)C(NC(=O)C1(F)CC1)C(C)(C)C. The summed E-state index contributed by atoms with van der Waals surface area (Å²) in [6.07, 6.45) is 1.04. The molecule has 4 rings (SSSR count). The van der Waals surface area contributed by atoms with E-state index in [2.05, 4.69) is 22.2 Å². The molecule has 1 saturated carbocycles. The van der Waals surface area contributed by atoms with Crippen LogP contribution < -0.4 is 15.4 Å². The zero-order valence-corrected chi connectivity index (χ0v) is 24.1. The number of carbonyl (C=O) groups excluding carboxylic acids is 3. The molecule has 1 unspecified atom stereocenters. The number of carbonyl (C=O) groups is 3. The van der Waals surface area contributed by atoms with Gasteiger partial charge >= 0.3 is 0 Å². The molecule has 2 fully saturated rings. The number of hydrogen-bond donors (Lipinski definition) is 3. The van der Waals surface area contributed by atoms with Crippen LogP contribution >= 0.6 is 11.3 Å². The van der Waals surface area contributed by atoms with Crippen LogP contribution in [-0.2, 0) is 20.9 Å². The summed E-state index contributed by atoms with van der Waals surface area (Å²) >= 11 is 1.53. The summed E-state index contributed by atoms with van der Waals surface area (Å²) in [4.78, 5) is 46.0. The van der Waals surface area contributed by atoms with Crippen molar-refractivity contribution in [2.75, 3.05) is 13.2 Å². The van der Waals surface area contributed by atoms with Gasteiger partial charge in [0.05, 0.1) is 22.2 Å². The Balaban J connectivity index is 1.49. The van der Waals surface area contributed by atoms with E-state index in [1.54, 1.807) is 32.4 Å². The lowest BCUT2D eigenvalue weighted by atomic mass is 9.85. The van der Waals surface area contributed by atoms with Gasteiger partial charge in [-0.2, -0.15) is 0 Å². The molecule has 9 nitrogen and oxygen atoms in total. The molecule has 1 aliphatic heterocycles. The lowest BCUT2D eigenvalue weighted by molar-refractivity contribution is -0.145. The fraction of sp³-hybridized carbons (Fsp3) is 0.517. The smallest absolute Gasteiger partial charge is 0.258 e. The number of nitrogens with one attached hydrogen (secondary N) is 2. The van der Waals surface area contributed by atoms with Crippen molar-refractivity contribution in [2.24, 2.45) is 5.41 Å². The maximum Gasteiger partial charge on any atom is 0.258 e. The number of hydrogen-bond acceptors (Lipinski definition) is 7. The van der Waals surface area contributed by atoms with E-state index in [-0.39, 0.29) is 39.0 Å². The van der Waals surface area contributed by atoms with Crippen LogP contribution in [0.4, 0.5) is 4.39 Å². The summed E-state index contributed by atoms with van der Waals surface area (Å²) < 4.78 is 20.3. The molecule has 216 valence electrons. The second-order valence-electron chi connectivity index (χ2n) is 11.5. The standard InChI is InChI=1S/C29H37FN4O5S/c1-6-11-39-22-12-18(23-17(2)32-16-40-23)7-8-19(22)14-31-25(36)21-13-20(35)15-34(21)26(37)24(28(3,4)5)33-27(38)29(30)9-10-29/h6-8,12,16,20-21,24,35H,1,9-11,13-15H2,2-5H3,(H,31,36)(H,33,38)/t20-,21+,24?/m1/s1. The van der Waals surface area contributed by atoms with Crippen molar-refractivity contribution in [1.82, 2.24) is 20.5 Å². The molecule has 11 heteroatoms. The van der Waals surface area contributed by atoms with Gasteiger partial charge in [-0.15, -0.1) is 11.3 Å². The van der Waals surface area contributed by atoms with Gasteiger partial charge in [0.15, 0.2) is 5.67 Å². The summed E-state index contributed by atoms with van der Waals surface area (Å²) in [6.45, 7) is 11.3. The summed E-state index contributed by atoms with van der Waals surface area (Å²) in [7, 11) is 0. The number of aryl methyl sites for hydroxylation is 1. The maximum absolute atomic E-state index is 14.4. The quantitative estimate of drug-likeness (QED) is 0.376. The van der Waals surface area contributed by atoms with Crippen molar-refractivity contribution >= 4 is 29.1 Å². The van der Waals surface area contributed by atoms with Crippen LogP contribution in [-0.4, -0.2) is 69.7 Å². The first-order valence-electron chi connectivity index (χ1n) is 13.4. The first kappa shape index (κ1) is 29.7. The number of ether oxygens (including phenoxy) is 1. The molecule has 3 amide bonds. The van der Waals surface area contributed by atoms with Gasteiger partial charge in [-0.25, -0.2) is 9.37 Å². The summed E-state index contributed by atoms with van der Waals surface area (Å²) in [5.74, 6) is -1.20. The van der Waals surface area contributed by atoms with E-state index in [0.717, 1.165) is 21.7 Å². The van der Waals surface area contributed by atoms with Crippen molar-refractivity contribution in [3.05, 3.63) is 47.6 Å². The Morgan fingerprint density at radius 1 is 1.35 bits per heavy atom. The zero-order valence-electron chi connectivity index (χ0n) is 23.3. The number of alkyl halides is 1. The van der Waals surface area contributed by atoms with Crippen LogP contribution in [0.3, 0.4) is 0 Å². The molecule has 1 aromatic carbocycles. The third-order valence-corrected chi connectivity index (χ3v) is 8.21. The number of aliphatic hydroxyl groups excluding tert-OH is 1. The highest BCUT2D eigenvalue weighted by atomic mass is 32.1. The molecule has 0 bridgehead atoms. The first-order valence-corrected chi connectivity index (χ1v) is 14.2. The highest BCUT2D eigenvalue weighted by molar-refractivity contribution is 7.13. The normalized spacial score (nSPS) is 20.5. The Morgan fingerprint density at radius 3 is 2.67 bits per heavy atom. The summed E-state index contributed by atoms with van der Waals surface area (Å²) in [6, 6.07) is 3.70. The predicted octanol–water partition coefficient (Wildman–Crippen LogP) is 3.29. The van der Waals surface area contributed by atoms with Crippen LogP contribution in [0.25, 0.3) is 10.4 Å². The number of nitrogens with zero attached hydrogens (tertiary/aromatic N) is 2. The second-order valence-corrected chi connectivity index (χ2v) is 12.4. The minimum Gasteiger partial charge on any atom is -0.489 e. The van der Waals surface area contributed by atoms with Crippen LogP contribution in [0.2, 0.25) is 0 Å². The lowest BCUT2D eigenvalue weighted by Crippen LogP contribution is -2.59. The van der Waals surface area contributed by atoms with Gasteiger partial charge < -0.3 is 25.4 Å². The van der Waals surface area contributed by atoms with Gasteiger partial charge in [-0.1, -0.05) is 45.6 Å². The van der Waals surface area contributed by atoms with Crippen molar-refractivity contribution < 1.29 is 28.6 Å². The third-order valence-electron chi connectivity index (χ3n) is 7.23. The Kier molecular flexibility index (Phi) is 8.65. The lowest BCUT2D eigenvalue weighted by Gasteiger charge is -2.35. The zero-order chi connectivity index (χ0) is 29.2. The molecule has 1 aromatic heterocycles. The molecule has 3 atom stereocenters. The van der Waals surface area contributed by atoms with Crippen molar-refractivity contribution in [1.29, 1.82) is 0 Å². The number of rotatable bonds is 10. The minimum absolute atomic E-state index is 0.0544. The first-order chi connectivity index (χ1) is 18.8. The van der Waals surface area contributed by atoms with E-state index in [1.165, 1.54) is 16.2 Å². The van der Waals surface area contributed by atoms with Crippen LogP contribution in [0.5, 0.6) is 5.75 Å². The van der Waals surface area contributed by atoms with Gasteiger partial charge in [-0.05, 0) is 36.8 Å². The fourth-order valence-electron chi connectivity index (χ4n) is 4.72. The summed E-state index contributed by atoms with van der Waals surface area (Å²) in [5.41, 5.74) is 1.68. The second kappa shape index (κ2) is 11.7. The summed E-state index contributed by atoms with van der Waals surface area (Å²) in [5, 5.41) is 15.8. The van der Waals surface area contributed by atoms with Crippen LogP contribution in [0.15, 0.2) is 36.4 Å². The van der Waals surface area contributed by atoms with Crippen molar-refractivity contribution in [3.63, 3.8) is 0 Å². The molecule has 1 saturated heterocycles. The number of β-amino-alcohol motifs (C(OH)–C–C–N with tert-alkyl or cyclic N) is 1. The predicted molar refractivity (Wildman–Crippen MR) is 150 cm³/mol. The van der Waals surface area contributed by atoms with Crippen molar-refractivity contribution in [3.8, 4) is 16.2 Å². The average Bonchev–Trinajstić information content (AvgIpc) is 3.31. The van der Waals surface area contributed by atoms with E-state index in [4.69, 9.17) is 4.74 Å². The number of benzene rings is 1. The monoisotopic (exact) mass is 572 g/mol. The highest BCUT2D eigenvalue weighted by Crippen LogP contribution is 2.40. The fourth-order valence-corrected chi connectivity index (χ4v) is 5.52.